The highest BCUT2D eigenvalue weighted by molar-refractivity contribution is 5.62. The fourth-order valence-electron chi connectivity index (χ4n) is 2.09. The summed E-state index contributed by atoms with van der Waals surface area (Å²) in [6, 6.07) is 7.74. The third-order valence-electron chi connectivity index (χ3n) is 2.99. The van der Waals surface area contributed by atoms with Crippen LogP contribution in [0, 0.1) is 11.3 Å². The lowest BCUT2D eigenvalue weighted by molar-refractivity contribution is 0.414. The fourth-order valence-corrected chi connectivity index (χ4v) is 2.09. The van der Waals surface area contributed by atoms with Crippen LogP contribution in [0.1, 0.15) is 12.0 Å². The molecule has 90 valence electrons. The first kappa shape index (κ1) is 11.7. The van der Waals surface area contributed by atoms with Crippen molar-refractivity contribution in [1.29, 1.82) is 5.26 Å². The molecule has 1 N–H and O–H groups in total. The highest BCUT2D eigenvalue weighted by Crippen LogP contribution is 2.29. The first-order valence-electron chi connectivity index (χ1n) is 5.89. The number of methoxy groups -OCH3 is 1. The molecule has 0 spiro atoms. The molecule has 1 aliphatic rings. The summed E-state index contributed by atoms with van der Waals surface area (Å²) in [5, 5.41) is 12.3. The summed E-state index contributed by atoms with van der Waals surface area (Å²) in [6.07, 6.45) is 1.11. The van der Waals surface area contributed by atoms with Crippen LogP contribution in [0.25, 0.3) is 0 Å². The molecular weight excluding hydrogens is 214 g/mol. The van der Waals surface area contributed by atoms with Crippen LogP contribution < -0.4 is 15.0 Å². The van der Waals surface area contributed by atoms with Gasteiger partial charge in [0.05, 0.1) is 24.4 Å². The number of nitrogens with zero attached hydrogens (tertiary/aromatic N) is 2. The van der Waals surface area contributed by atoms with Crippen LogP contribution in [0.15, 0.2) is 18.2 Å². The Kier molecular flexibility index (Phi) is 3.84. The number of anilines is 1. The third kappa shape index (κ3) is 2.69. The number of hydrogen-bond donors (Lipinski definition) is 1. The van der Waals surface area contributed by atoms with E-state index >= 15 is 0 Å². The number of rotatable bonds is 2. The van der Waals surface area contributed by atoms with Crippen LogP contribution in [-0.2, 0) is 0 Å². The molecule has 1 aromatic carbocycles. The van der Waals surface area contributed by atoms with Crippen molar-refractivity contribution in [1.82, 2.24) is 5.32 Å². The predicted molar refractivity (Wildman–Crippen MR) is 67.4 cm³/mol. The molecule has 1 aliphatic heterocycles. The van der Waals surface area contributed by atoms with E-state index in [1.54, 1.807) is 13.2 Å². The Bertz CT molecular complexity index is 417. The Labute approximate surface area is 102 Å². The van der Waals surface area contributed by atoms with Crippen LogP contribution in [0.5, 0.6) is 5.75 Å². The molecular formula is C13H17N3O. The van der Waals surface area contributed by atoms with Crippen molar-refractivity contribution in [2.75, 3.05) is 38.2 Å². The van der Waals surface area contributed by atoms with Gasteiger partial charge in [-0.2, -0.15) is 5.26 Å². The first-order chi connectivity index (χ1) is 8.35. The summed E-state index contributed by atoms with van der Waals surface area (Å²) in [4.78, 5) is 2.28. The van der Waals surface area contributed by atoms with Crippen molar-refractivity contribution in [3.63, 3.8) is 0 Å². The minimum Gasteiger partial charge on any atom is -0.495 e. The van der Waals surface area contributed by atoms with Crippen molar-refractivity contribution < 1.29 is 4.74 Å². The summed E-state index contributed by atoms with van der Waals surface area (Å²) in [5.74, 6) is 0.839. The highest BCUT2D eigenvalue weighted by atomic mass is 16.5. The summed E-state index contributed by atoms with van der Waals surface area (Å²) in [7, 11) is 1.67. The maximum atomic E-state index is 8.96. The average Bonchev–Trinajstić information content (AvgIpc) is 2.66. The molecule has 1 fully saturated rings. The van der Waals surface area contributed by atoms with Crippen LogP contribution in [0.4, 0.5) is 5.69 Å². The number of benzene rings is 1. The topological polar surface area (TPSA) is 48.3 Å². The van der Waals surface area contributed by atoms with E-state index in [4.69, 9.17) is 10.00 Å². The van der Waals surface area contributed by atoms with Crippen molar-refractivity contribution in [3.05, 3.63) is 23.8 Å². The van der Waals surface area contributed by atoms with Gasteiger partial charge in [-0.1, -0.05) is 0 Å². The molecule has 1 saturated heterocycles. The molecule has 0 bridgehead atoms. The number of hydrogen-bond acceptors (Lipinski definition) is 4. The Balaban J connectivity index is 2.30. The molecule has 0 radical (unpaired) electrons. The van der Waals surface area contributed by atoms with Gasteiger partial charge in [0.2, 0.25) is 0 Å². The van der Waals surface area contributed by atoms with Crippen LogP contribution in [0.3, 0.4) is 0 Å². The zero-order valence-electron chi connectivity index (χ0n) is 10.1. The van der Waals surface area contributed by atoms with Gasteiger partial charge in [0.25, 0.3) is 0 Å². The molecule has 0 unspecified atom stereocenters. The van der Waals surface area contributed by atoms with Gasteiger partial charge in [-0.3, -0.25) is 0 Å². The zero-order chi connectivity index (χ0) is 12.1. The molecule has 0 saturated carbocycles. The van der Waals surface area contributed by atoms with E-state index in [1.165, 1.54) is 0 Å². The molecule has 0 aliphatic carbocycles. The molecule has 2 rings (SSSR count). The van der Waals surface area contributed by atoms with E-state index in [1.807, 2.05) is 12.1 Å². The van der Waals surface area contributed by atoms with Crippen molar-refractivity contribution >= 4 is 5.69 Å². The van der Waals surface area contributed by atoms with Crippen molar-refractivity contribution in [3.8, 4) is 11.8 Å². The summed E-state index contributed by atoms with van der Waals surface area (Å²) < 4.78 is 5.37. The normalized spacial score (nSPS) is 16.1. The molecule has 1 heterocycles. The standard InChI is InChI=1S/C13H17N3O/c1-17-13-4-3-11(10-14)9-12(13)16-7-2-5-15-6-8-16/h3-4,9,15H,2,5-8H2,1H3. The first-order valence-corrected chi connectivity index (χ1v) is 5.89. The van der Waals surface area contributed by atoms with E-state index in [0.717, 1.165) is 44.0 Å². The number of ether oxygens (including phenoxy) is 1. The Hall–Kier alpha value is -1.73. The van der Waals surface area contributed by atoms with E-state index in [2.05, 4.69) is 16.3 Å². The van der Waals surface area contributed by atoms with Gasteiger partial charge in [0.1, 0.15) is 5.75 Å². The Morgan fingerprint density at radius 3 is 3.00 bits per heavy atom. The quantitative estimate of drug-likeness (QED) is 0.835. The fraction of sp³-hybridized carbons (Fsp3) is 0.462. The van der Waals surface area contributed by atoms with Crippen LogP contribution >= 0.6 is 0 Å². The van der Waals surface area contributed by atoms with E-state index in [0.29, 0.717) is 5.56 Å². The number of nitrogens with one attached hydrogen (secondary N) is 1. The lowest BCUT2D eigenvalue weighted by Gasteiger charge is -2.24. The van der Waals surface area contributed by atoms with E-state index in [9.17, 15) is 0 Å². The van der Waals surface area contributed by atoms with E-state index < -0.39 is 0 Å². The van der Waals surface area contributed by atoms with Crippen LogP contribution in [-0.4, -0.2) is 33.3 Å². The minimum atomic E-state index is 0.679. The second-order valence-electron chi connectivity index (χ2n) is 4.09. The predicted octanol–water partition coefficient (Wildman–Crippen LogP) is 1.37. The van der Waals surface area contributed by atoms with Gasteiger partial charge >= 0.3 is 0 Å². The van der Waals surface area contributed by atoms with Crippen molar-refractivity contribution in [2.45, 2.75) is 6.42 Å². The van der Waals surface area contributed by atoms with Gasteiger partial charge in [0, 0.05) is 19.6 Å². The molecule has 0 aromatic heterocycles. The molecule has 17 heavy (non-hydrogen) atoms. The summed E-state index contributed by atoms with van der Waals surface area (Å²) in [6.45, 7) is 3.97. The molecule has 4 nitrogen and oxygen atoms in total. The third-order valence-corrected chi connectivity index (χ3v) is 2.99. The molecule has 0 atom stereocenters. The smallest absolute Gasteiger partial charge is 0.142 e. The zero-order valence-corrected chi connectivity index (χ0v) is 10.1. The second kappa shape index (κ2) is 5.55. The van der Waals surface area contributed by atoms with Gasteiger partial charge in [0.15, 0.2) is 0 Å². The maximum Gasteiger partial charge on any atom is 0.142 e. The Morgan fingerprint density at radius 1 is 1.35 bits per heavy atom. The minimum absolute atomic E-state index is 0.679. The average molecular weight is 231 g/mol. The van der Waals surface area contributed by atoms with Gasteiger partial charge < -0.3 is 15.0 Å². The summed E-state index contributed by atoms with van der Waals surface area (Å²) in [5.41, 5.74) is 1.70. The molecule has 4 heteroatoms. The van der Waals surface area contributed by atoms with Gasteiger partial charge in [-0.25, -0.2) is 0 Å². The number of nitriles is 1. The maximum absolute atomic E-state index is 8.96. The summed E-state index contributed by atoms with van der Waals surface area (Å²) >= 11 is 0. The highest BCUT2D eigenvalue weighted by Gasteiger charge is 2.14. The Morgan fingerprint density at radius 2 is 2.24 bits per heavy atom. The monoisotopic (exact) mass is 231 g/mol. The van der Waals surface area contributed by atoms with Crippen molar-refractivity contribution in [2.24, 2.45) is 0 Å². The van der Waals surface area contributed by atoms with Gasteiger partial charge in [-0.15, -0.1) is 0 Å². The van der Waals surface area contributed by atoms with Crippen LogP contribution in [0.2, 0.25) is 0 Å². The molecule has 1 aromatic rings. The lowest BCUT2D eigenvalue weighted by atomic mass is 10.2. The largest absolute Gasteiger partial charge is 0.495 e. The second-order valence-corrected chi connectivity index (χ2v) is 4.09. The lowest BCUT2D eigenvalue weighted by Crippen LogP contribution is -2.28. The molecule has 0 amide bonds. The SMILES string of the molecule is COc1ccc(C#N)cc1N1CCCNCC1. The van der Waals surface area contributed by atoms with Gasteiger partial charge in [-0.05, 0) is 31.2 Å². The van der Waals surface area contributed by atoms with E-state index in [-0.39, 0.29) is 0 Å².